The fourth-order valence-corrected chi connectivity index (χ4v) is 4.05. The molecule has 0 aromatic rings. The van der Waals surface area contributed by atoms with Gasteiger partial charge in [-0.05, 0) is 59.0 Å². The van der Waals surface area contributed by atoms with Crippen molar-refractivity contribution in [1.82, 2.24) is 14.7 Å². The summed E-state index contributed by atoms with van der Waals surface area (Å²) in [5, 5.41) is 0. The first-order valence-electron chi connectivity index (χ1n) is 8.21. The van der Waals surface area contributed by atoms with Crippen LogP contribution < -0.4 is 0 Å². The second-order valence-electron chi connectivity index (χ2n) is 7.74. The SMILES string of the molecule is CC(C)N1CCC2(CC1)CN(C1CN(C(C)C)C1)C2. The van der Waals surface area contributed by atoms with Crippen LogP contribution in [0.4, 0.5) is 0 Å². The lowest BCUT2D eigenvalue weighted by Crippen LogP contribution is -2.70. The molecule has 19 heavy (non-hydrogen) atoms. The van der Waals surface area contributed by atoms with Gasteiger partial charge in [0, 0.05) is 44.3 Å². The molecule has 0 atom stereocenters. The van der Waals surface area contributed by atoms with Crippen molar-refractivity contribution in [2.45, 2.75) is 58.7 Å². The van der Waals surface area contributed by atoms with Crippen LogP contribution in [-0.2, 0) is 0 Å². The Balaban J connectivity index is 1.41. The third-order valence-electron chi connectivity index (χ3n) is 5.80. The largest absolute Gasteiger partial charge is 0.301 e. The van der Waals surface area contributed by atoms with Crippen LogP contribution in [0.3, 0.4) is 0 Å². The average molecular weight is 265 g/mol. The van der Waals surface area contributed by atoms with Gasteiger partial charge in [0.15, 0.2) is 0 Å². The molecule has 0 unspecified atom stereocenters. The minimum Gasteiger partial charge on any atom is -0.301 e. The van der Waals surface area contributed by atoms with E-state index in [-0.39, 0.29) is 0 Å². The molecule has 3 fully saturated rings. The number of rotatable bonds is 3. The van der Waals surface area contributed by atoms with Gasteiger partial charge in [0.05, 0.1) is 0 Å². The maximum absolute atomic E-state index is 2.75. The summed E-state index contributed by atoms with van der Waals surface area (Å²) in [4.78, 5) is 8.00. The molecule has 110 valence electrons. The van der Waals surface area contributed by atoms with Crippen LogP contribution in [0, 0.1) is 5.41 Å². The predicted molar refractivity (Wildman–Crippen MR) is 80.4 cm³/mol. The minimum atomic E-state index is 0.698. The van der Waals surface area contributed by atoms with Gasteiger partial charge in [-0.15, -0.1) is 0 Å². The first kappa shape index (κ1) is 13.8. The maximum Gasteiger partial charge on any atom is 0.0351 e. The Morgan fingerprint density at radius 3 is 1.84 bits per heavy atom. The molecule has 1 spiro atoms. The highest BCUT2D eigenvalue weighted by atomic mass is 15.4. The van der Waals surface area contributed by atoms with E-state index in [0.29, 0.717) is 5.41 Å². The van der Waals surface area contributed by atoms with Gasteiger partial charge >= 0.3 is 0 Å². The first-order valence-corrected chi connectivity index (χ1v) is 8.21. The van der Waals surface area contributed by atoms with E-state index >= 15 is 0 Å². The molecule has 3 rings (SSSR count). The third-order valence-corrected chi connectivity index (χ3v) is 5.80. The summed E-state index contributed by atoms with van der Waals surface area (Å²) >= 11 is 0. The van der Waals surface area contributed by atoms with E-state index in [2.05, 4.69) is 42.4 Å². The lowest BCUT2D eigenvalue weighted by atomic mass is 9.70. The summed E-state index contributed by atoms with van der Waals surface area (Å²) in [5.41, 5.74) is 0.698. The van der Waals surface area contributed by atoms with Crippen molar-refractivity contribution in [2.24, 2.45) is 5.41 Å². The van der Waals surface area contributed by atoms with Crippen LogP contribution in [0.1, 0.15) is 40.5 Å². The molecule has 0 aromatic heterocycles. The predicted octanol–water partition coefficient (Wildman–Crippen LogP) is 1.89. The van der Waals surface area contributed by atoms with Crippen molar-refractivity contribution in [3.8, 4) is 0 Å². The Labute approximate surface area is 118 Å². The fraction of sp³-hybridized carbons (Fsp3) is 1.00. The van der Waals surface area contributed by atoms with Crippen LogP contribution in [-0.4, -0.2) is 72.1 Å². The fourth-order valence-electron chi connectivity index (χ4n) is 4.05. The molecule has 0 aromatic carbocycles. The van der Waals surface area contributed by atoms with Crippen molar-refractivity contribution < 1.29 is 0 Å². The summed E-state index contributed by atoms with van der Waals surface area (Å²) < 4.78 is 0. The van der Waals surface area contributed by atoms with Gasteiger partial charge in [-0.1, -0.05) is 0 Å². The number of hydrogen-bond acceptors (Lipinski definition) is 3. The molecule has 0 amide bonds. The van der Waals surface area contributed by atoms with Crippen LogP contribution in [0.25, 0.3) is 0 Å². The van der Waals surface area contributed by atoms with Gasteiger partial charge in [0.1, 0.15) is 0 Å². The molecular weight excluding hydrogens is 234 g/mol. The van der Waals surface area contributed by atoms with E-state index in [0.717, 1.165) is 18.1 Å². The molecule has 0 saturated carbocycles. The second kappa shape index (κ2) is 5.01. The zero-order valence-electron chi connectivity index (χ0n) is 13.2. The smallest absolute Gasteiger partial charge is 0.0351 e. The lowest BCUT2D eigenvalue weighted by Gasteiger charge is -2.60. The van der Waals surface area contributed by atoms with E-state index in [4.69, 9.17) is 0 Å². The average Bonchev–Trinajstić information content (AvgIpc) is 2.24. The highest BCUT2D eigenvalue weighted by Crippen LogP contribution is 2.42. The standard InChI is InChI=1S/C16H31N3/c1-13(2)17-7-5-16(6-8-17)11-19(12-16)15-9-18(10-15)14(3)4/h13-15H,5-12H2,1-4H3. The zero-order chi connectivity index (χ0) is 13.6. The van der Waals surface area contributed by atoms with Crippen LogP contribution in [0.2, 0.25) is 0 Å². The highest BCUT2D eigenvalue weighted by Gasteiger charge is 2.49. The second-order valence-corrected chi connectivity index (χ2v) is 7.74. The van der Waals surface area contributed by atoms with E-state index in [1.54, 1.807) is 0 Å². The molecule has 0 radical (unpaired) electrons. The van der Waals surface area contributed by atoms with Crippen LogP contribution >= 0.6 is 0 Å². The summed E-state index contributed by atoms with van der Waals surface area (Å²) in [5.74, 6) is 0. The van der Waals surface area contributed by atoms with E-state index in [1.165, 1.54) is 52.1 Å². The molecule has 3 aliphatic rings. The Bertz CT molecular complexity index is 304. The molecule has 3 nitrogen and oxygen atoms in total. The van der Waals surface area contributed by atoms with Gasteiger partial charge < -0.3 is 4.90 Å². The zero-order valence-corrected chi connectivity index (χ0v) is 13.2. The van der Waals surface area contributed by atoms with Gasteiger partial charge in [-0.2, -0.15) is 0 Å². The van der Waals surface area contributed by atoms with E-state index < -0.39 is 0 Å². The molecule has 3 aliphatic heterocycles. The van der Waals surface area contributed by atoms with Crippen molar-refractivity contribution in [1.29, 1.82) is 0 Å². The first-order chi connectivity index (χ1) is 8.99. The Morgan fingerprint density at radius 1 is 0.842 bits per heavy atom. The van der Waals surface area contributed by atoms with Crippen molar-refractivity contribution in [3.63, 3.8) is 0 Å². The molecule has 0 N–H and O–H groups in total. The summed E-state index contributed by atoms with van der Waals surface area (Å²) in [6.45, 7) is 17.3. The molecule has 3 saturated heterocycles. The quantitative estimate of drug-likeness (QED) is 0.771. The molecule has 0 bridgehead atoms. The van der Waals surface area contributed by atoms with Gasteiger partial charge in [-0.3, -0.25) is 9.80 Å². The Kier molecular flexibility index (Phi) is 3.65. The van der Waals surface area contributed by atoms with Crippen molar-refractivity contribution in [3.05, 3.63) is 0 Å². The topological polar surface area (TPSA) is 9.72 Å². The molecule has 3 heterocycles. The van der Waals surface area contributed by atoms with Crippen LogP contribution in [0.5, 0.6) is 0 Å². The monoisotopic (exact) mass is 265 g/mol. The lowest BCUT2D eigenvalue weighted by molar-refractivity contribution is -0.111. The van der Waals surface area contributed by atoms with E-state index in [9.17, 15) is 0 Å². The summed E-state index contributed by atoms with van der Waals surface area (Å²) in [7, 11) is 0. The highest BCUT2D eigenvalue weighted by molar-refractivity contribution is 5.03. The molecule has 0 aliphatic carbocycles. The normalized spacial score (nSPS) is 30.0. The maximum atomic E-state index is 2.75. The van der Waals surface area contributed by atoms with Crippen LogP contribution in [0.15, 0.2) is 0 Å². The van der Waals surface area contributed by atoms with Gasteiger partial charge in [0.25, 0.3) is 0 Å². The summed E-state index contributed by atoms with van der Waals surface area (Å²) in [6.07, 6.45) is 2.87. The third kappa shape index (κ3) is 2.57. The van der Waals surface area contributed by atoms with Crippen molar-refractivity contribution in [2.75, 3.05) is 39.3 Å². The summed E-state index contributed by atoms with van der Waals surface area (Å²) in [6, 6.07) is 2.34. The number of hydrogen-bond donors (Lipinski definition) is 0. The Morgan fingerprint density at radius 2 is 1.37 bits per heavy atom. The molecular formula is C16H31N3. The minimum absolute atomic E-state index is 0.698. The number of piperidine rings is 1. The number of nitrogens with zero attached hydrogens (tertiary/aromatic N) is 3. The van der Waals surface area contributed by atoms with Gasteiger partial charge in [0.2, 0.25) is 0 Å². The van der Waals surface area contributed by atoms with Gasteiger partial charge in [-0.25, -0.2) is 0 Å². The van der Waals surface area contributed by atoms with Crippen molar-refractivity contribution >= 4 is 0 Å². The number of likely N-dealkylation sites (tertiary alicyclic amines) is 3. The molecule has 3 heteroatoms. The van der Waals surface area contributed by atoms with E-state index in [1.807, 2.05) is 0 Å². The Hall–Kier alpha value is -0.120.